The lowest BCUT2D eigenvalue weighted by atomic mass is 10.1. The van der Waals surface area contributed by atoms with Crippen LogP contribution in [0.1, 0.15) is 30.8 Å². The molecule has 0 atom stereocenters. The van der Waals surface area contributed by atoms with E-state index in [0.717, 1.165) is 12.1 Å². The second kappa shape index (κ2) is 5.79. The van der Waals surface area contributed by atoms with E-state index in [0.29, 0.717) is 29.4 Å². The molecule has 0 aliphatic carbocycles. The maximum Gasteiger partial charge on any atom is 0.128 e. The SMILES string of the molecule is CC(C)Cc1c(N)cc(C#N)n1Cc1ccccc1F. The largest absolute Gasteiger partial charge is 0.397 e. The summed E-state index contributed by atoms with van der Waals surface area (Å²) in [5.41, 5.74) is 8.53. The van der Waals surface area contributed by atoms with Gasteiger partial charge >= 0.3 is 0 Å². The molecule has 3 nitrogen and oxygen atoms in total. The van der Waals surface area contributed by atoms with Gasteiger partial charge in [-0.05, 0) is 24.5 Å². The van der Waals surface area contributed by atoms with E-state index in [1.165, 1.54) is 6.07 Å². The van der Waals surface area contributed by atoms with Crippen molar-refractivity contribution in [1.82, 2.24) is 4.57 Å². The zero-order chi connectivity index (χ0) is 14.7. The first-order chi connectivity index (χ1) is 9.52. The molecule has 1 aromatic heterocycles. The van der Waals surface area contributed by atoms with Gasteiger partial charge in [0.05, 0.1) is 12.2 Å². The van der Waals surface area contributed by atoms with Crippen LogP contribution in [0.3, 0.4) is 0 Å². The molecule has 2 N–H and O–H groups in total. The molecule has 0 bridgehead atoms. The number of nitriles is 1. The highest BCUT2D eigenvalue weighted by Crippen LogP contribution is 2.23. The monoisotopic (exact) mass is 271 g/mol. The number of aromatic nitrogens is 1. The smallest absolute Gasteiger partial charge is 0.128 e. The van der Waals surface area contributed by atoms with Crippen molar-refractivity contribution in [3.63, 3.8) is 0 Å². The third kappa shape index (κ3) is 2.83. The topological polar surface area (TPSA) is 54.7 Å². The Bertz CT molecular complexity index is 650. The van der Waals surface area contributed by atoms with Crippen molar-refractivity contribution < 1.29 is 4.39 Å². The van der Waals surface area contributed by atoms with Crippen LogP contribution >= 0.6 is 0 Å². The Kier molecular flexibility index (Phi) is 4.09. The maximum atomic E-state index is 13.8. The molecule has 0 saturated carbocycles. The lowest BCUT2D eigenvalue weighted by molar-refractivity contribution is 0.577. The molecule has 0 aliphatic heterocycles. The first-order valence-corrected chi connectivity index (χ1v) is 6.64. The molecule has 0 saturated heterocycles. The number of hydrogen-bond acceptors (Lipinski definition) is 2. The van der Waals surface area contributed by atoms with E-state index in [4.69, 9.17) is 5.73 Å². The van der Waals surface area contributed by atoms with E-state index in [-0.39, 0.29) is 5.82 Å². The normalized spacial score (nSPS) is 10.8. The average molecular weight is 271 g/mol. The lowest BCUT2D eigenvalue weighted by Gasteiger charge is -2.13. The minimum absolute atomic E-state index is 0.265. The second-order valence-corrected chi connectivity index (χ2v) is 5.32. The summed E-state index contributed by atoms with van der Waals surface area (Å²) in [6.07, 6.45) is 0.766. The molecule has 0 unspecified atom stereocenters. The third-order valence-electron chi connectivity index (χ3n) is 3.24. The molecule has 1 aromatic carbocycles. The van der Waals surface area contributed by atoms with Crippen LogP contribution < -0.4 is 5.73 Å². The molecule has 0 fully saturated rings. The van der Waals surface area contributed by atoms with Crippen LogP contribution in [0.15, 0.2) is 30.3 Å². The number of anilines is 1. The van der Waals surface area contributed by atoms with E-state index in [9.17, 15) is 9.65 Å². The fourth-order valence-corrected chi connectivity index (χ4v) is 2.29. The van der Waals surface area contributed by atoms with Gasteiger partial charge in [-0.15, -0.1) is 0 Å². The highest BCUT2D eigenvalue weighted by molar-refractivity contribution is 5.51. The molecule has 0 amide bonds. The van der Waals surface area contributed by atoms with Crippen LogP contribution in [0.2, 0.25) is 0 Å². The summed E-state index contributed by atoms with van der Waals surface area (Å²) in [5.74, 6) is 0.150. The average Bonchev–Trinajstić information content (AvgIpc) is 2.69. The van der Waals surface area contributed by atoms with Gasteiger partial charge in [-0.25, -0.2) is 4.39 Å². The predicted octanol–water partition coefficient (Wildman–Crippen LogP) is 3.33. The van der Waals surface area contributed by atoms with E-state index >= 15 is 0 Å². The van der Waals surface area contributed by atoms with E-state index in [2.05, 4.69) is 19.9 Å². The van der Waals surface area contributed by atoms with Crippen molar-refractivity contribution in [3.8, 4) is 6.07 Å². The number of halogens is 1. The summed E-state index contributed by atoms with van der Waals surface area (Å²) in [4.78, 5) is 0. The van der Waals surface area contributed by atoms with Crippen LogP contribution in [-0.2, 0) is 13.0 Å². The lowest BCUT2D eigenvalue weighted by Crippen LogP contribution is -2.11. The van der Waals surface area contributed by atoms with E-state index < -0.39 is 0 Å². The van der Waals surface area contributed by atoms with Crippen LogP contribution in [-0.4, -0.2) is 4.57 Å². The highest BCUT2D eigenvalue weighted by Gasteiger charge is 2.15. The molecule has 0 spiro atoms. The van der Waals surface area contributed by atoms with Gasteiger partial charge in [-0.1, -0.05) is 32.0 Å². The zero-order valence-electron chi connectivity index (χ0n) is 11.7. The van der Waals surface area contributed by atoms with Gasteiger partial charge < -0.3 is 10.3 Å². The fourth-order valence-electron chi connectivity index (χ4n) is 2.29. The highest BCUT2D eigenvalue weighted by atomic mass is 19.1. The molecule has 2 rings (SSSR count). The van der Waals surface area contributed by atoms with Gasteiger partial charge in [0.2, 0.25) is 0 Å². The molecule has 0 aliphatic rings. The van der Waals surface area contributed by atoms with Crippen LogP contribution in [0.25, 0.3) is 0 Å². The van der Waals surface area contributed by atoms with Crippen molar-refractivity contribution in [2.75, 3.05) is 5.73 Å². The summed E-state index contributed by atoms with van der Waals surface area (Å²) in [6.45, 7) is 4.51. The van der Waals surface area contributed by atoms with Crippen molar-refractivity contribution in [1.29, 1.82) is 5.26 Å². The molecule has 20 heavy (non-hydrogen) atoms. The summed E-state index contributed by atoms with van der Waals surface area (Å²) < 4.78 is 15.6. The number of nitrogens with zero attached hydrogens (tertiary/aromatic N) is 2. The van der Waals surface area contributed by atoms with Gasteiger partial charge in [0.1, 0.15) is 17.6 Å². The van der Waals surface area contributed by atoms with Crippen molar-refractivity contribution in [2.45, 2.75) is 26.8 Å². The van der Waals surface area contributed by atoms with Gasteiger partial charge in [0, 0.05) is 11.3 Å². The summed E-state index contributed by atoms with van der Waals surface area (Å²) >= 11 is 0. The summed E-state index contributed by atoms with van der Waals surface area (Å²) in [5, 5.41) is 9.22. The standard InChI is InChI=1S/C16H18FN3/c1-11(2)7-16-15(19)8-13(9-18)20(16)10-12-5-3-4-6-14(12)17/h3-6,8,11H,7,10,19H2,1-2H3. The minimum Gasteiger partial charge on any atom is -0.397 e. The predicted molar refractivity (Wildman–Crippen MR) is 77.6 cm³/mol. The zero-order valence-corrected chi connectivity index (χ0v) is 11.7. The van der Waals surface area contributed by atoms with Gasteiger partial charge in [0.15, 0.2) is 0 Å². The fraction of sp³-hybridized carbons (Fsp3) is 0.312. The van der Waals surface area contributed by atoms with Gasteiger partial charge in [-0.2, -0.15) is 5.26 Å². The van der Waals surface area contributed by atoms with Crippen LogP contribution in [0, 0.1) is 23.1 Å². The molecule has 4 heteroatoms. The summed E-state index contributed by atoms with van der Waals surface area (Å²) in [7, 11) is 0. The Morgan fingerprint density at radius 3 is 2.65 bits per heavy atom. The molecular weight excluding hydrogens is 253 g/mol. The van der Waals surface area contributed by atoms with Crippen molar-refractivity contribution >= 4 is 5.69 Å². The Hall–Kier alpha value is -2.28. The summed E-state index contributed by atoms with van der Waals surface area (Å²) in [6, 6.07) is 10.4. The number of nitrogen functional groups attached to an aromatic ring is 1. The Morgan fingerprint density at radius 2 is 2.05 bits per heavy atom. The maximum absolute atomic E-state index is 13.8. The number of nitrogens with two attached hydrogens (primary N) is 1. The van der Waals surface area contributed by atoms with Crippen molar-refractivity contribution in [3.05, 3.63) is 53.1 Å². The molecule has 104 valence electrons. The Labute approximate surface area is 118 Å². The van der Waals surface area contributed by atoms with E-state index in [1.54, 1.807) is 24.3 Å². The van der Waals surface area contributed by atoms with Crippen LogP contribution in [0.5, 0.6) is 0 Å². The minimum atomic E-state index is -0.265. The molecule has 0 radical (unpaired) electrons. The number of rotatable bonds is 4. The van der Waals surface area contributed by atoms with Gasteiger partial charge in [0.25, 0.3) is 0 Å². The second-order valence-electron chi connectivity index (χ2n) is 5.32. The Balaban J connectivity index is 2.44. The molecule has 2 aromatic rings. The van der Waals surface area contributed by atoms with Crippen LogP contribution in [0.4, 0.5) is 10.1 Å². The third-order valence-corrected chi connectivity index (χ3v) is 3.24. The van der Waals surface area contributed by atoms with Crippen molar-refractivity contribution in [2.24, 2.45) is 5.92 Å². The first-order valence-electron chi connectivity index (χ1n) is 6.64. The molecular formula is C16H18FN3. The molecule has 1 heterocycles. The Morgan fingerprint density at radius 1 is 1.35 bits per heavy atom. The quantitative estimate of drug-likeness (QED) is 0.927. The van der Waals surface area contributed by atoms with Gasteiger partial charge in [-0.3, -0.25) is 0 Å². The number of hydrogen-bond donors (Lipinski definition) is 1. The van der Waals surface area contributed by atoms with E-state index in [1.807, 2.05) is 4.57 Å². The first kappa shape index (κ1) is 14.1. The number of benzene rings is 1.